The van der Waals surface area contributed by atoms with E-state index in [9.17, 15) is 0 Å². The van der Waals surface area contributed by atoms with Crippen LogP contribution in [0.5, 0.6) is 11.5 Å². The van der Waals surface area contributed by atoms with Crippen molar-refractivity contribution >= 4 is 22.9 Å². The Morgan fingerprint density at radius 2 is 1.11 bits per heavy atom. The molecule has 12 nitrogen and oxygen atoms in total. The third-order valence-corrected chi connectivity index (χ3v) is 9.08. The molecule has 6 aromatic heterocycles. The SMILES string of the molecule is C.COc1cc(-n2cccn2)ccc1-c1c(C)nn2c(C(C)C)cc(C)nc12.COc1cc(-n2cccn2)ccc1-c1c(C)nn2c(Cl)cc(C)nc12. The maximum atomic E-state index is 6.32. The summed E-state index contributed by atoms with van der Waals surface area (Å²) < 4.78 is 18.6. The van der Waals surface area contributed by atoms with Gasteiger partial charge >= 0.3 is 0 Å². The number of halogens is 1. The van der Waals surface area contributed by atoms with Crippen molar-refractivity contribution in [3.63, 3.8) is 0 Å². The van der Waals surface area contributed by atoms with Crippen molar-refractivity contribution in [2.75, 3.05) is 14.2 Å². The molecular formula is C40H43ClN10O2. The zero-order valence-electron chi connectivity index (χ0n) is 30.3. The lowest BCUT2D eigenvalue weighted by atomic mass is 10.0. The molecule has 6 heterocycles. The van der Waals surface area contributed by atoms with Gasteiger partial charge in [-0.3, -0.25) is 0 Å². The molecule has 272 valence electrons. The first-order chi connectivity index (χ1) is 25.1. The number of rotatable bonds is 7. The van der Waals surface area contributed by atoms with Crippen molar-refractivity contribution in [1.82, 2.24) is 48.8 Å². The molecular weight excluding hydrogens is 688 g/mol. The van der Waals surface area contributed by atoms with Crippen molar-refractivity contribution in [3.05, 3.63) is 119 Å². The van der Waals surface area contributed by atoms with Gasteiger partial charge in [-0.05, 0) is 82.1 Å². The first kappa shape index (κ1) is 36.8. The standard InChI is InChI=1S/C21H23N5O.C18H16ClN5O.CH4/c1-13(2)18-11-14(3)23-21-20(15(4)24-26(18)21)17-8-7-16(12-19(17)27-5)25-10-6-9-22-25;1-11-9-16(19)24-18(21-11)17(12(2)22-24)14-6-5-13(10-15(14)25-3)23-8-4-7-20-23;/h6-13H,1-5H3;4-10H,1-3H3;1H4. The lowest BCUT2D eigenvalue weighted by Gasteiger charge is -2.12. The van der Waals surface area contributed by atoms with Gasteiger partial charge in [0.25, 0.3) is 0 Å². The van der Waals surface area contributed by atoms with Gasteiger partial charge in [0.15, 0.2) is 11.3 Å². The number of aryl methyl sites for hydroxylation is 4. The number of fused-ring (bicyclic) bond motifs is 2. The molecule has 0 atom stereocenters. The minimum Gasteiger partial charge on any atom is -0.496 e. The van der Waals surface area contributed by atoms with Crippen LogP contribution in [0, 0.1) is 27.7 Å². The van der Waals surface area contributed by atoms with Crippen LogP contribution in [0.15, 0.2) is 85.5 Å². The number of ether oxygens (including phenoxy) is 2. The normalized spacial score (nSPS) is 11.1. The Balaban J connectivity index is 0.000000178. The number of nitrogens with zero attached hydrogens (tertiary/aromatic N) is 10. The smallest absolute Gasteiger partial charge is 0.165 e. The lowest BCUT2D eigenvalue weighted by Crippen LogP contribution is -2.04. The van der Waals surface area contributed by atoms with E-state index >= 15 is 0 Å². The second kappa shape index (κ2) is 14.9. The quantitative estimate of drug-likeness (QED) is 0.150. The number of benzene rings is 2. The van der Waals surface area contributed by atoms with Crippen molar-refractivity contribution in [2.24, 2.45) is 0 Å². The summed E-state index contributed by atoms with van der Waals surface area (Å²) in [5, 5.41) is 18.4. The molecule has 0 radical (unpaired) electrons. The van der Waals surface area contributed by atoms with E-state index < -0.39 is 0 Å². The Hall–Kier alpha value is -6.01. The molecule has 0 fully saturated rings. The highest BCUT2D eigenvalue weighted by molar-refractivity contribution is 6.29. The third kappa shape index (κ3) is 6.85. The predicted octanol–water partition coefficient (Wildman–Crippen LogP) is 8.83. The number of methoxy groups -OCH3 is 2. The first-order valence-corrected chi connectivity index (χ1v) is 17.2. The van der Waals surface area contributed by atoms with E-state index in [-0.39, 0.29) is 7.43 Å². The first-order valence-electron chi connectivity index (χ1n) is 16.8. The maximum absolute atomic E-state index is 6.32. The molecule has 0 bridgehead atoms. The maximum Gasteiger partial charge on any atom is 0.165 e. The van der Waals surface area contributed by atoms with E-state index in [1.165, 1.54) is 0 Å². The highest BCUT2D eigenvalue weighted by Gasteiger charge is 2.21. The highest BCUT2D eigenvalue weighted by Crippen LogP contribution is 2.38. The molecule has 0 unspecified atom stereocenters. The van der Waals surface area contributed by atoms with Gasteiger partial charge in [-0.15, -0.1) is 0 Å². The minimum absolute atomic E-state index is 0. The molecule has 8 aromatic rings. The average Bonchev–Trinajstić information content (AvgIpc) is 3.95. The molecule has 0 saturated heterocycles. The molecule has 0 amide bonds. The second-order valence-electron chi connectivity index (χ2n) is 12.8. The summed E-state index contributed by atoms with van der Waals surface area (Å²) in [5.74, 6) is 1.85. The number of hydrogen-bond donors (Lipinski definition) is 0. The summed E-state index contributed by atoms with van der Waals surface area (Å²) in [6, 6.07) is 19.7. The zero-order valence-corrected chi connectivity index (χ0v) is 31.1. The molecule has 0 saturated carbocycles. The van der Waals surface area contributed by atoms with E-state index in [0.717, 1.165) is 79.2 Å². The summed E-state index contributed by atoms with van der Waals surface area (Å²) in [6.07, 6.45) is 7.30. The van der Waals surface area contributed by atoms with Crippen LogP contribution < -0.4 is 9.47 Å². The molecule has 2 aromatic carbocycles. The van der Waals surface area contributed by atoms with Gasteiger partial charge in [0.2, 0.25) is 0 Å². The monoisotopic (exact) mass is 730 g/mol. The Labute approximate surface area is 313 Å². The van der Waals surface area contributed by atoms with Crippen LogP contribution in [0.3, 0.4) is 0 Å². The fraction of sp³-hybridized carbons (Fsp3) is 0.250. The van der Waals surface area contributed by atoms with Crippen LogP contribution in [-0.2, 0) is 0 Å². The zero-order chi connectivity index (χ0) is 36.7. The van der Waals surface area contributed by atoms with Gasteiger partial charge in [0.1, 0.15) is 16.7 Å². The topological polar surface area (TPSA) is 114 Å². The third-order valence-electron chi connectivity index (χ3n) is 8.81. The van der Waals surface area contributed by atoms with Crippen LogP contribution in [0.1, 0.15) is 55.7 Å². The summed E-state index contributed by atoms with van der Waals surface area (Å²) in [5.41, 5.74) is 12.0. The van der Waals surface area contributed by atoms with Crippen molar-refractivity contribution in [2.45, 2.75) is 54.9 Å². The van der Waals surface area contributed by atoms with Crippen LogP contribution >= 0.6 is 11.6 Å². The van der Waals surface area contributed by atoms with Crippen molar-refractivity contribution in [1.29, 1.82) is 0 Å². The Bertz CT molecular complexity index is 2530. The average molecular weight is 731 g/mol. The van der Waals surface area contributed by atoms with Crippen LogP contribution in [-0.4, -0.2) is 63.0 Å². The lowest BCUT2D eigenvalue weighted by molar-refractivity contribution is 0.416. The molecule has 0 aliphatic carbocycles. The minimum atomic E-state index is 0. The van der Waals surface area contributed by atoms with E-state index in [4.69, 9.17) is 31.2 Å². The van der Waals surface area contributed by atoms with Crippen molar-refractivity contribution in [3.8, 4) is 45.1 Å². The molecule has 53 heavy (non-hydrogen) atoms. The van der Waals surface area contributed by atoms with Gasteiger partial charge in [-0.1, -0.05) is 32.9 Å². The number of aromatic nitrogens is 10. The van der Waals surface area contributed by atoms with Crippen molar-refractivity contribution < 1.29 is 9.47 Å². The summed E-state index contributed by atoms with van der Waals surface area (Å²) in [7, 11) is 3.34. The summed E-state index contributed by atoms with van der Waals surface area (Å²) in [4.78, 5) is 9.42. The molecule has 0 spiro atoms. The second-order valence-corrected chi connectivity index (χ2v) is 13.1. The van der Waals surface area contributed by atoms with E-state index in [0.29, 0.717) is 16.7 Å². The van der Waals surface area contributed by atoms with Crippen LogP contribution in [0.25, 0.3) is 44.9 Å². The molecule has 0 N–H and O–H groups in total. The van der Waals surface area contributed by atoms with Gasteiger partial charge in [0.05, 0.1) is 48.1 Å². The Morgan fingerprint density at radius 3 is 1.57 bits per heavy atom. The number of hydrogen-bond acceptors (Lipinski definition) is 8. The molecule has 0 aliphatic rings. The van der Waals surface area contributed by atoms with Gasteiger partial charge < -0.3 is 9.47 Å². The summed E-state index contributed by atoms with van der Waals surface area (Å²) >= 11 is 6.32. The predicted molar refractivity (Wildman–Crippen MR) is 209 cm³/mol. The van der Waals surface area contributed by atoms with Gasteiger partial charge in [0, 0.05) is 65.1 Å². The largest absolute Gasteiger partial charge is 0.496 e. The fourth-order valence-corrected chi connectivity index (χ4v) is 6.69. The van der Waals surface area contributed by atoms with E-state index in [1.807, 2.05) is 91.8 Å². The van der Waals surface area contributed by atoms with Gasteiger partial charge in [-0.2, -0.15) is 20.4 Å². The molecule has 13 heteroatoms. The Morgan fingerprint density at radius 1 is 0.642 bits per heavy atom. The van der Waals surface area contributed by atoms with Gasteiger partial charge in [-0.25, -0.2) is 28.4 Å². The van der Waals surface area contributed by atoms with E-state index in [1.54, 1.807) is 41.9 Å². The highest BCUT2D eigenvalue weighted by atomic mass is 35.5. The van der Waals surface area contributed by atoms with E-state index in [2.05, 4.69) is 46.3 Å². The Kier molecular flexibility index (Phi) is 10.4. The molecule has 8 rings (SSSR count). The van der Waals surface area contributed by atoms with Crippen LogP contribution in [0.4, 0.5) is 0 Å². The van der Waals surface area contributed by atoms with Crippen LogP contribution in [0.2, 0.25) is 5.15 Å². The fourth-order valence-electron chi connectivity index (χ4n) is 6.42. The molecule has 0 aliphatic heterocycles. The summed E-state index contributed by atoms with van der Waals surface area (Å²) in [6.45, 7) is 12.2.